The molecule has 0 heterocycles. The molecule has 0 aromatic carbocycles. The van der Waals surface area contributed by atoms with Gasteiger partial charge in [0.15, 0.2) is 0 Å². The average Bonchev–Trinajstić information content (AvgIpc) is 2.20. The number of hydrogen-bond acceptors (Lipinski definition) is 4. The van der Waals surface area contributed by atoms with E-state index in [2.05, 4.69) is 6.92 Å². The van der Waals surface area contributed by atoms with Gasteiger partial charge in [-0.3, -0.25) is 0 Å². The Morgan fingerprint density at radius 3 is 1.82 bits per heavy atom. The van der Waals surface area contributed by atoms with Crippen molar-refractivity contribution >= 4 is 10.1 Å². The summed E-state index contributed by atoms with van der Waals surface area (Å²) in [5, 5.41) is 8.96. The van der Waals surface area contributed by atoms with Crippen molar-refractivity contribution in [2.45, 2.75) is 70.1 Å². The smallest absolute Gasteiger partial charge is 0.746 e. The molecule has 4 nitrogen and oxygen atoms in total. The van der Waals surface area contributed by atoms with E-state index in [0.29, 0.717) is 6.42 Å². The van der Waals surface area contributed by atoms with Gasteiger partial charge in [0.05, 0.1) is 0 Å². The van der Waals surface area contributed by atoms with Crippen molar-refractivity contribution in [1.82, 2.24) is 0 Å². The first kappa shape index (κ1) is 20.2. The summed E-state index contributed by atoms with van der Waals surface area (Å²) in [6.07, 6.45) is 8.75. The standard InChI is InChI=1S/C11H24O4S.Na/c1-2-3-4-5-6-7-8-9-10-11(12)16(13,14)15;/h11-12H,2-10H2,1H3,(H,13,14,15);/q;+1/p-1. The summed E-state index contributed by atoms with van der Waals surface area (Å²) in [6, 6.07) is 0. The minimum atomic E-state index is -4.50. The maximum absolute atomic E-state index is 10.4. The number of unbranched alkanes of at least 4 members (excludes halogenated alkanes) is 7. The second kappa shape index (κ2) is 11.9. The van der Waals surface area contributed by atoms with Crippen LogP contribution >= 0.6 is 0 Å². The SMILES string of the molecule is CCCCCCCCCCC(O)S(=O)(=O)[O-].[Na+]. The quantitative estimate of drug-likeness (QED) is 0.327. The Morgan fingerprint density at radius 1 is 1.00 bits per heavy atom. The van der Waals surface area contributed by atoms with Gasteiger partial charge in [-0.05, 0) is 12.8 Å². The van der Waals surface area contributed by atoms with E-state index < -0.39 is 15.6 Å². The van der Waals surface area contributed by atoms with Gasteiger partial charge in [0.25, 0.3) is 0 Å². The van der Waals surface area contributed by atoms with Gasteiger partial charge in [-0.25, -0.2) is 8.42 Å². The third-order valence-electron chi connectivity index (χ3n) is 2.64. The fraction of sp³-hybridized carbons (Fsp3) is 1.00. The second-order valence-electron chi connectivity index (χ2n) is 4.21. The van der Waals surface area contributed by atoms with Crippen LogP contribution in [0.15, 0.2) is 0 Å². The zero-order valence-corrected chi connectivity index (χ0v) is 13.8. The van der Waals surface area contributed by atoms with Crippen molar-refractivity contribution in [3.8, 4) is 0 Å². The molecular weight excluding hydrogens is 251 g/mol. The topological polar surface area (TPSA) is 77.4 Å². The van der Waals surface area contributed by atoms with Crippen LogP contribution in [0, 0.1) is 0 Å². The molecule has 0 saturated carbocycles. The molecule has 1 atom stereocenters. The van der Waals surface area contributed by atoms with Crippen molar-refractivity contribution < 1.29 is 47.6 Å². The summed E-state index contributed by atoms with van der Waals surface area (Å²) < 4.78 is 31.1. The monoisotopic (exact) mass is 274 g/mol. The molecule has 0 rings (SSSR count). The van der Waals surface area contributed by atoms with Crippen LogP contribution in [-0.2, 0) is 10.1 Å². The Labute approximate surface area is 127 Å². The van der Waals surface area contributed by atoms with E-state index in [0.717, 1.165) is 19.3 Å². The Bertz CT molecular complexity index is 254. The normalized spacial score (nSPS) is 13.1. The van der Waals surface area contributed by atoms with E-state index in [4.69, 9.17) is 5.11 Å². The molecule has 6 heteroatoms. The van der Waals surface area contributed by atoms with E-state index in [1.165, 1.54) is 25.7 Å². The van der Waals surface area contributed by atoms with Crippen LogP contribution in [0.2, 0.25) is 0 Å². The molecule has 0 aliphatic carbocycles. The van der Waals surface area contributed by atoms with E-state index in [9.17, 15) is 13.0 Å². The number of hydrogen-bond donors (Lipinski definition) is 1. The van der Waals surface area contributed by atoms with Crippen LogP contribution in [-0.4, -0.2) is 23.5 Å². The van der Waals surface area contributed by atoms with Crippen molar-refractivity contribution in [1.29, 1.82) is 0 Å². The second-order valence-corrected chi connectivity index (χ2v) is 5.74. The Morgan fingerprint density at radius 2 is 1.41 bits per heavy atom. The predicted molar refractivity (Wildman–Crippen MR) is 62.9 cm³/mol. The van der Waals surface area contributed by atoms with Crippen LogP contribution in [0.1, 0.15) is 64.7 Å². The molecule has 0 fully saturated rings. The fourth-order valence-electron chi connectivity index (χ4n) is 1.60. The maximum Gasteiger partial charge on any atom is 1.00 e. The van der Waals surface area contributed by atoms with E-state index >= 15 is 0 Å². The zero-order valence-electron chi connectivity index (χ0n) is 11.0. The van der Waals surface area contributed by atoms with Gasteiger partial charge in [0.2, 0.25) is 0 Å². The molecule has 17 heavy (non-hydrogen) atoms. The molecule has 0 aliphatic heterocycles. The molecule has 0 spiro atoms. The number of rotatable bonds is 10. The molecule has 0 aromatic heterocycles. The van der Waals surface area contributed by atoms with Gasteiger partial charge in [-0.1, -0.05) is 51.9 Å². The van der Waals surface area contributed by atoms with Crippen molar-refractivity contribution in [2.75, 3.05) is 0 Å². The summed E-state index contributed by atoms with van der Waals surface area (Å²) in [4.78, 5) is 0. The van der Waals surface area contributed by atoms with Crippen LogP contribution in [0.4, 0.5) is 0 Å². The van der Waals surface area contributed by atoms with E-state index in [-0.39, 0.29) is 36.0 Å². The first-order valence-electron chi connectivity index (χ1n) is 6.11. The van der Waals surface area contributed by atoms with Gasteiger partial charge in [-0.2, -0.15) is 0 Å². The fourth-order valence-corrected chi connectivity index (χ4v) is 2.05. The summed E-state index contributed by atoms with van der Waals surface area (Å²) in [5.74, 6) is 0. The van der Waals surface area contributed by atoms with Gasteiger partial charge in [-0.15, -0.1) is 0 Å². The predicted octanol–water partition coefficient (Wildman–Crippen LogP) is -0.615. The number of aliphatic hydroxyl groups excluding tert-OH is 1. The summed E-state index contributed by atoms with van der Waals surface area (Å²) in [5.41, 5.74) is -1.72. The van der Waals surface area contributed by atoms with Crippen molar-refractivity contribution in [2.24, 2.45) is 0 Å². The first-order chi connectivity index (χ1) is 7.48. The van der Waals surface area contributed by atoms with Crippen LogP contribution in [0.25, 0.3) is 0 Å². The van der Waals surface area contributed by atoms with Gasteiger partial charge in [0, 0.05) is 0 Å². The summed E-state index contributed by atoms with van der Waals surface area (Å²) >= 11 is 0. The molecule has 0 radical (unpaired) electrons. The van der Waals surface area contributed by atoms with E-state index in [1.807, 2.05) is 0 Å². The third kappa shape index (κ3) is 13.1. The number of aliphatic hydroxyl groups is 1. The van der Waals surface area contributed by atoms with Crippen molar-refractivity contribution in [3.05, 3.63) is 0 Å². The third-order valence-corrected chi connectivity index (χ3v) is 3.54. The largest absolute Gasteiger partial charge is 1.00 e. The van der Waals surface area contributed by atoms with Crippen molar-refractivity contribution in [3.63, 3.8) is 0 Å². The molecule has 0 saturated heterocycles. The van der Waals surface area contributed by atoms with Crippen LogP contribution in [0.3, 0.4) is 0 Å². The van der Waals surface area contributed by atoms with Crippen LogP contribution in [0.5, 0.6) is 0 Å². The van der Waals surface area contributed by atoms with E-state index in [1.54, 1.807) is 0 Å². The molecule has 0 bridgehead atoms. The molecule has 1 N–H and O–H groups in total. The maximum atomic E-state index is 10.4. The molecule has 0 amide bonds. The Kier molecular flexibility index (Phi) is 14.2. The van der Waals surface area contributed by atoms with Gasteiger partial charge in [0.1, 0.15) is 15.6 Å². The Balaban J connectivity index is 0. The summed E-state index contributed by atoms with van der Waals surface area (Å²) in [7, 11) is -4.50. The Hall–Kier alpha value is 0.870. The molecule has 0 aromatic rings. The summed E-state index contributed by atoms with van der Waals surface area (Å²) in [6.45, 7) is 2.17. The minimum Gasteiger partial charge on any atom is -0.746 e. The van der Waals surface area contributed by atoms with Crippen LogP contribution < -0.4 is 29.6 Å². The van der Waals surface area contributed by atoms with Gasteiger partial charge < -0.3 is 9.66 Å². The molecule has 1 unspecified atom stereocenters. The van der Waals surface area contributed by atoms with Gasteiger partial charge >= 0.3 is 29.6 Å². The molecular formula is C11H23NaO4S. The first-order valence-corrected chi connectivity index (χ1v) is 7.58. The molecule has 0 aliphatic rings. The minimum absolute atomic E-state index is 0. The molecule has 98 valence electrons. The zero-order chi connectivity index (χ0) is 12.4. The average molecular weight is 274 g/mol.